The van der Waals surface area contributed by atoms with Gasteiger partial charge in [0.25, 0.3) is 5.91 Å². The van der Waals surface area contributed by atoms with E-state index in [-0.39, 0.29) is 34.7 Å². The molecule has 0 unspecified atom stereocenters. The smallest absolute Gasteiger partial charge is 0.341 e. The number of ether oxygens (including phenoxy) is 1. The van der Waals surface area contributed by atoms with Crippen LogP contribution in [0.3, 0.4) is 0 Å². The maximum absolute atomic E-state index is 14.8. The van der Waals surface area contributed by atoms with Gasteiger partial charge in [0.1, 0.15) is 5.82 Å². The molecule has 0 atom stereocenters. The Labute approximate surface area is 216 Å². The highest BCUT2D eigenvalue weighted by Gasteiger charge is 2.47. The molecule has 0 bridgehead atoms. The Hall–Kier alpha value is -3.26. The number of nitrogens with one attached hydrogen (secondary N) is 2. The van der Waals surface area contributed by atoms with Gasteiger partial charge in [0, 0.05) is 17.6 Å². The van der Waals surface area contributed by atoms with E-state index in [1.54, 1.807) is 19.1 Å². The first-order valence-corrected chi connectivity index (χ1v) is 13.3. The first kappa shape index (κ1) is 25.4. The first-order chi connectivity index (χ1) is 17.9. The Morgan fingerprint density at radius 1 is 0.946 bits per heavy atom. The number of amides is 2. The van der Waals surface area contributed by atoms with Crippen LogP contribution in [0, 0.1) is 5.82 Å². The number of anilines is 1. The fourth-order valence-corrected chi connectivity index (χ4v) is 6.28. The number of carbonyl (C=O) groups is 3. The third-order valence-corrected chi connectivity index (χ3v) is 8.32. The summed E-state index contributed by atoms with van der Waals surface area (Å²) in [5.41, 5.74) is 0.672. The molecule has 5 rings (SSSR count). The summed E-state index contributed by atoms with van der Waals surface area (Å²) in [6, 6.07) is 11.4. The fraction of sp³-hybridized carbons (Fsp3) is 0.483. The zero-order valence-electron chi connectivity index (χ0n) is 21.3. The van der Waals surface area contributed by atoms with Gasteiger partial charge in [-0.2, -0.15) is 0 Å². The second-order valence-electron chi connectivity index (χ2n) is 10.5. The molecule has 2 aromatic rings. The Bertz CT molecular complexity index is 1180. The van der Waals surface area contributed by atoms with E-state index < -0.39 is 17.7 Å². The lowest BCUT2D eigenvalue weighted by molar-refractivity contribution is -0.126. The lowest BCUT2D eigenvalue weighted by Gasteiger charge is -2.44. The molecule has 196 valence electrons. The van der Waals surface area contributed by atoms with Gasteiger partial charge in [-0.3, -0.25) is 14.5 Å². The van der Waals surface area contributed by atoms with Crippen molar-refractivity contribution in [3.63, 3.8) is 0 Å². The molecule has 3 fully saturated rings. The Morgan fingerprint density at radius 3 is 2.24 bits per heavy atom. The highest BCUT2D eigenvalue weighted by atomic mass is 19.1. The molecule has 2 heterocycles. The highest BCUT2D eigenvalue weighted by Crippen LogP contribution is 2.44. The van der Waals surface area contributed by atoms with Crippen molar-refractivity contribution in [3.8, 4) is 0 Å². The monoisotopic (exact) mass is 507 g/mol. The summed E-state index contributed by atoms with van der Waals surface area (Å²) >= 11 is 0. The number of nitrogens with zero attached hydrogens (tertiary/aromatic N) is 1. The number of rotatable bonds is 8. The molecule has 2 aliphatic heterocycles. The molecule has 8 heteroatoms. The van der Waals surface area contributed by atoms with Crippen LogP contribution in [-0.4, -0.2) is 47.9 Å². The SMILES string of the molecule is CCOC(=O)c1cccc(C(=O)Nc2ccc(C3(NC(=O)CC45CCCN4CCC5)CCC3)cc2)c1F. The van der Waals surface area contributed by atoms with Gasteiger partial charge < -0.3 is 15.4 Å². The molecule has 1 saturated carbocycles. The largest absolute Gasteiger partial charge is 0.462 e. The number of carbonyl (C=O) groups excluding carboxylic acids is 3. The number of halogens is 1. The zero-order chi connectivity index (χ0) is 26.0. The molecule has 2 saturated heterocycles. The highest BCUT2D eigenvalue weighted by molar-refractivity contribution is 6.06. The van der Waals surface area contributed by atoms with Crippen molar-refractivity contribution in [2.45, 2.75) is 69.4 Å². The van der Waals surface area contributed by atoms with Crippen molar-refractivity contribution in [1.82, 2.24) is 10.2 Å². The van der Waals surface area contributed by atoms with Crippen LogP contribution < -0.4 is 10.6 Å². The van der Waals surface area contributed by atoms with Gasteiger partial charge in [-0.05, 0) is 94.8 Å². The Balaban J connectivity index is 1.25. The van der Waals surface area contributed by atoms with Crippen LogP contribution >= 0.6 is 0 Å². The minimum Gasteiger partial charge on any atom is -0.462 e. The molecule has 7 nitrogen and oxygen atoms in total. The average molecular weight is 508 g/mol. The summed E-state index contributed by atoms with van der Waals surface area (Å²) in [4.78, 5) is 40.4. The van der Waals surface area contributed by atoms with E-state index in [0.29, 0.717) is 12.1 Å². The molecular weight excluding hydrogens is 473 g/mol. The van der Waals surface area contributed by atoms with Crippen LogP contribution in [0.15, 0.2) is 42.5 Å². The van der Waals surface area contributed by atoms with Crippen LogP contribution in [0.1, 0.15) is 84.6 Å². The van der Waals surface area contributed by atoms with Crippen molar-refractivity contribution in [1.29, 1.82) is 0 Å². The summed E-state index contributed by atoms with van der Waals surface area (Å²) in [6.45, 7) is 3.95. The minimum atomic E-state index is -0.909. The number of hydrogen-bond acceptors (Lipinski definition) is 5. The molecule has 0 spiro atoms. The Morgan fingerprint density at radius 2 is 1.62 bits per heavy atom. The molecule has 37 heavy (non-hydrogen) atoms. The van der Waals surface area contributed by atoms with E-state index in [9.17, 15) is 18.8 Å². The number of fused-ring (bicyclic) bond motifs is 1. The third-order valence-electron chi connectivity index (χ3n) is 8.32. The van der Waals surface area contributed by atoms with Crippen LogP contribution in [0.2, 0.25) is 0 Å². The van der Waals surface area contributed by atoms with Crippen LogP contribution in [0.5, 0.6) is 0 Å². The molecule has 2 N–H and O–H groups in total. The second-order valence-corrected chi connectivity index (χ2v) is 10.5. The van der Waals surface area contributed by atoms with Gasteiger partial charge in [-0.25, -0.2) is 9.18 Å². The normalized spacial score (nSPS) is 19.5. The first-order valence-electron chi connectivity index (χ1n) is 13.3. The van der Waals surface area contributed by atoms with Gasteiger partial charge in [-0.15, -0.1) is 0 Å². The number of esters is 1. The van der Waals surface area contributed by atoms with Crippen molar-refractivity contribution in [2.24, 2.45) is 0 Å². The summed E-state index contributed by atoms with van der Waals surface area (Å²) in [6.07, 6.45) is 7.91. The predicted molar refractivity (Wildman–Crippen MR) is 138 cm³/mol. The predicted octanol–water partition coefficient (Wildman–Crippen LogP) is 4.77. The maximum atomic E-state index is 14.8. The summed E-state index contributed by atoms with van der Waals surface area (Å²) in [5, 5.41) is 6.06. The van der Waals surface area contributed by atoms with E-state index in [1.807, 2.05) is 12.1 Å². The van der Waals surface area contributed by atoms with Gasteiger partial charge in [0.15, 0.2) is 0 Å². The van der Waals surface area contributed by atoms with E-state index in [2.05, 4.69) is 15.5 Å². The van der Waals surface area contributed by atoms with E-state index >= 15 is 0 Å². The van der Waals surface area contributed by atoms with E-state index in [4.69, 9.17) is 4.74 Å². The molecule has 1 aliphatic carbocycles. The summed E-state index contributed by atoms with van der Waals surface area (Å²) in [7, 11) is 0. The van der Waals surface area contributed by atoms with Crippen molar-refractivity contribution in [2.75, 3.05) is 25.0 Å². The lowest BCUT2D eigenvalue weighted by atomic mass is 9.71. The zero-order valence-corrected chi connectivity index (χ0v) is 21.3. The van der Waals surface area contributed by atoms with Crippen LogP contribution in [-0.2, 0) is 15.1 Å². The lowest BCUT2D eigenvalue weighted by Crippen LogP contribution is -2.53. The average Bonchev–Trinajstić information content (AvgIpc) is 3.42. The topological polar surface area (TPSA) is 87.7 Å². The quantitative estimate of drug-likeness (QED) is 0.503. The minimum absolute atomic E-state index is 0.0447. The number of benzene rings is 2. The molecule has 2 aromatic carbocycles. The third kappa shape index (κ3) is 4.87. The fourth-order valence-electron chi connectivity index (χ4n) is 6.28. The van der Waals surface area contributed by atoms with Crippen LogP contribution in [0.25, 0.3) is 0 Å². The van der Waals surface area contributed by atoms with Crippen molar-refractivity contribution < 1.29 is 23.5 Å². The van der Waals surface area contributed by atoms with Gasteiger partial charge in [0.2, 0.25) is 5.91 Å². The molecule has 0 radical (unpaired) electrons. The van der Waals surface area contributed by atoms with Gasteiger partial charge in [0.05, 0.1) is 23.3 Å². The number of hydrogen-bond donors (Lipinski definition) is 2. The van der Waals surface area contributed by atoms with Gasteiger partial charge in [-0.1, -0.05) is 18.2 Å². The van der Waals surface area contributed by atoms with Crippen molar-refractivity contribution in [3.05, 3.63) is 65.0 Å². The molecule has 3 aliphatic rings. The molecule has 2 amide bonds. The summed E-state index contributed by atoms with van der Waals surface area (Å²) in [5.74, 6) is -2.25. The second kappa shape index (κ2) is 10.2. The van der Waals surface area contributed by atoms with E-state index in [0.717, 1.165) is 50.8 Å². The standard InChI is InChI=1S/C29H34FN3O4/c1-2-37-27(36)23-8-3-7-22(25(23)30)26(35)31-21-11-9-20(10-12-21)29(15-4-16-29)32-24(34)19-28-13-5-17-33(28)18-6-14-28/h3,7-12H,2,4-6,13-19H2,1H3,(H,31,35)(H,32,34). The van der Waals surface area contributed by atoms with Crippen molar-refractivity contribution >= 4 is 23.5 Å². The molecule has 0 aromatic heterocycles. The maximum Gasteiger partial charge on any atom is 0.341 e. The van der Waals surface area contributed by atoms with E-state index in [1.165, 1.54) is 31.0 Å². The van der Waals surface area contributed by atoms with Crippen LogP contribution in [0.4, 0.5) is 10.1 Å². The molecular formula is C29H34FN3O4. The summed E-state index contributed by atoms with van der Waals surface area (Å²) < 4.78 is 19.7. The van der Waals surface area contributed by atoms with Gasteiger partial charge >= 0.3 is 5.97 Å². The Kier molecular flexibility index (Phi) is 7.03.